The van der Waals surface area contributed by atoms with Gasteiger partial charge in [0, 0.05) is 28.5 Å². The molecule has 5 aromatic rings. The molecule has 0 aliphatic heterocycles. The van der Waals surface area contributed by atoms with Gasteiger partial charge in [0.05, 0.1) is 11.2 Å². The van der Waals surface area contributed by atoms with Crippen LogP contribution in [0.2, 0.25) is 0 Å². The largest absolute Gasteiger partial charge is 0.433 e. The third kappa shape index (κ3) is 4.43. The van der Waals surface area contributed by atoms with Crippen LogP contribution in [0.4, 0.5) is 30.2 Å². The lowest BCUT2D eigenvalue weighted by Gasteiger charge is -2.14. The van der Waals surface area contributed by atoms with Crippen molar-refractivity contribution in [2.24, 2.45) is 0 Å². The van der Waals surface area contributed by atoms with Gasteiger partial charge < -0.3 is 15.2 Å². The summed E-state index contributed by atoms with van der Waals surface area (Å²) in [6, 6.07) is 24.2. The van der Waals surface area contributed by atoms with E-state index >= 15 is 0 Å². The van der Waals surface area contributed by atoms with E-state index in [-0.39, 0.29) is 23.7 Å². The fourth-order valence-electron chi connectivity index (χ4n) is 3.89. The lowest BCUT2D eigenvalue weighted by molar-refractivity contribution is -0.140. The number of aromatic nitrogens is 2. The van der Waals surface area contributed by atoms with Crippen LogP contribution in [0.3, 0.4) is 0 Å². The first-order valence-corrected chi connectivity index (χ1v) is 10.5. The molecule has 34 heavy (non-hydrogen) atoms. The number of nitrogens with one attached hydrogen (secondary N) is 2. The molecule has 0 radical (unpaired) electrons. The maximum absolute atomic E-state index is 13.4. The average Bonchev–Trinajstić information content (AvgIpc) is 3.21. The second kappa shape index (κ2) is 8.55. The zero-order valence-corrected chi connectivity index (χ0v) is 17.8. The van der Waals surface area contributed by atoms with Crippen LogP contribution in [0.15, 0.2) is 91.1 Å². The van der Waals surface area contributed by atoms with Gasteiger partial charge in [-0.2, -0.15) is 13.2 Å². The minimum atomic E-state index is -4.57. The molecule has 0 aliphatic carbocycles. The average molecular weight is 460 g/mol. The Balaban J connectivity index is 1.37. The maximum Gasteiger partial charge on any atom is 0.433 e. The summed E-state index contributed by atoms with van der Waals surface area (Å²) >= 11 is 0. The Morgan fingerprint density at radius 1 is 0.882 bits per heavy atom. The number of hydrogen-bond acceptors (Lipinski definition) is 3. The van der Waals surface area contributed by atoms with E-state index in [4.69, 9.17) is 0 Å². The van der Waals surface area contributed by atoms with Crippen LogP contribution in [-0.2, 0) is 17.5 Å². The first kappa shape index (κ1) is 21.5. The standard InChI is InChI=1S/C26H19F3N4O/c27-26(28,29)24-15-22(20-9-2-3-10-21(20)32-24)30-18-7-5-8-19(14-18)31-25(34)16-33-13-12-17-6-1-4-11-23(17)33/h1-15H,16H2,(H,30,32)(H,31,34). The highest BCUT2D eigenvalue weighted by atomic mass is 19.4. The molecular weight excluding hydrogens is 441 g/mol. The Hall–Kier alpha value is -4.33. The van der Waals surface area contributed by atoms with E-state index in [1.54, 1.807) is 42.5 Å². The zero-order chi connectivity index (χ0) is 23.7. The van der Waals surface area contributed by atoms with Gasteiger partial charge in [-0.25, -0.2) is 4.98 Å². The molecule has 8 heteroatoms. The molecule has 0 unspecified atom stereocenters. The third-order valence-corrected chi connectivity index (χ3v) is 5.43. The van der Waals surface area contributed by atoms with E-state index in [2.05, 4.69) is 15.6 Å². The van der Waals surface area contributed by atoms with Crippen molar-refractivity contribution in [2.75, 3.05) is 10.6 Å². The number of amides is 1. The summed E-state index contributed by atoms with van der Waals surface area (Å²) in [5.41, 5.74) is 1.56. The Morgan fingerprint density at radius 3 is 2.50 bits per heavy atom. The molecule has 0 spiro atoms. The molecule has 170 valence electrons. The first-order chi connectivity index (χ1) is 16.4. The van der Waals surface area contributed by atoms with Crippen molar-refractivity contribution < 1.29 is 18.0 Å². The molecule has 2 N–H and O–H groups in total. The topological polar surface area (TPSA) is 59.0 Å². The molecule has 5 nitrogen and oxygen atoms in total. The molecule has 2 aromatic heterocycles. The molecule has 1 amide bonds. The quantitative estimate of drug-likeness (QED) is 0.311. The molecule has 3 aromatic carbocycles. The number of rotatable bonds is 5. The second-order valence-electron chi connectivity index (χ2n) is 7.83. The Labute approximate surface area is 192 Å². The van der Waals surface area contributed by atoms with Gasteiger partial charge in [-0.15, -0.1) is 0 Å². The molecular formula is C26H19F3N4O. The predicted molar refractivity (Wildman–Crippen MR) is 127 cm³/mol. The van der Waals surface area contributed by atoms with Crippen molar-refractivity contribution in [3.8, 4) is 0 Å². The number of alkyl halides is 3. The fraction of sp³-hybridized carbons (Fsp3) is 0.0769. The van der Waals surface area contributed by atoms with E-state index in [0.717, 1.165) is 17.0 Å². The summed E-state index contributed by atoms with van der Waals surface area (Å²) in [4.78, 5) is 16.4. The normalized spacial score (nSPS) is 11.6. The molecule has 0 saturated carbocycles. The highest BCUT2D eigenvalue weighted by molar-refractivity contribution is 5.95. The van der Waals surface area contributed by atoms with Crippen molar-refractivity contribution in [3.05, 3.63) is 96.8 Å². The number of carbonyl (C=O) groups excluding carboxylic acids is 1. The molecule has 0 fully saturated rings. The van der Waals surface area contributed by atoms with Crippen molar-refractivity contribution in [2.45, 2.75) is 12.7 Å². The van der Waals surface area contributed by atoms with Crippen LogP contribution < -0.4 is 10.6 Å². The minimum absolute atomic E-state index is 0.134. The summed E-state index contributed by atoms with van der Waals surface area (Å²) in [6.45, 7) is 0.134. The van der Waals surface area contributed by atoms with Crippen LogP contribution in [0.5, 0.6) is 0 Å². The van der Waals surface area contributed by atoms with Crippen LogP contribution in [0, 0.1) is 0 Å². The van der Waals surface area contributed by atoms with E-state index in [1.165, 1.54) is 6.07 Å². The van der Waals surface area contributed by atoms with Gasteiger partial charge in [0.1, 0.15) is 12.2 Å². The number of hydrogen-bond donors (Lipinski definition) is 2. The van der Waals surface area contributed by atoms with E-state index < -0.39 is 11.9 Å². The maximum atomic E-state index is 13.4. The third-order valence-electron chi connectivity index (χ3n) is 5.43. The molecule has 0 aliphatic rings. The van der Waals surface area contributed by atoms with Gasteiger partial charge >= 0.3 is 6.18 Å². The number of anilines is 3. The van der Waals surface area contributed by atoms with Crippen LogP contribution >= 0.6 is 0 Å². The zero-order valence-electron chi connectivity index (χ0n) is 17.8. The van der Waals surface area contributed by atoms with Gasteiger partial charge in [0.25, 0.3) is 0 Å². The number of pyridine rings is 1. The molecule has 0 bridgehead atoms. The van der Waals surface area contributed by atoms with E-state index in [9.17, 15) is 18.0 Å². The lowest BCUT2D eigenvalue weighted by atomic mass is 10.1. The number of fused-ring (bicyclic) bond motifs is 2. The Kier molecular flexibility index (Phi) is 5.41. The number of nitrogens with zero attached hydrogens (tertiary/aromatic N) is 2. The monoisotopic (exact) mass is 460 g/mol. The van der Waals surface area contributed by atoms with Gasteiger partial charge in [0.15, 0.2) is 0 Å². The Bertz CT molecular complexity index is 1510. The fourth-order valence-corrected chi connectivity index (χ4v) is 3.89. The van der Waals surface area contributed by atoms with E-state index in [1.807, 2.05) is 41.1 Å². The van der Waals surface area contributed by atoms with Crippen molar-refractivity contribution >= 4 is 44.8 Å². The van der Waals surface area contributed by atoms with Gasteiger partial charge in [-0.3, -0.25) is 4.79 Å². The number of halogens is 3. The number of para-hydroxylation sites is 2. The SMILES string of the molecule is O=C(Cn1ccc2ccccc21)Nc1cccc(Nc2cc(C(F)(F)F)nc3ccccc23)c1. The Morgan fingerprint density at radius 2 is 1.65 bits per heavy atom. The van der Waals surface area contributed by atoms with Gasteiger partial charge in [-0.05, 0) is 47.9 Å². The number of benzene rings is 3. The van der Waals surface area contributed by atoms with Crippen LogP contribution in [0.25, 0.3) is 21.8 Å². The van der Waals surface area contributed by atoms with Crippen molar-refractivity contribution in [1.29, 1.82) is 0 Å². The van der Waals surface area contributed by atoms with Gasteiger partial charge in [-0.1, -0.05) is 42.5 Å². The highest BCUT2D eigenvalue weighted by Gasteiger charge is 2.33. The smallest absolute Gasteiger partial charge is 0.355 e. The van der Waals surface area contributed by atoms with Crippen LogP contribution in [-0.4, -0.2) is 15.5 Å². The number of carbonyl (C=O) groups is 1. The van der Waals surface area contributed by atoms with Gasteiger partial charge in [0.2, 0.25) is 5.91 Å². The summed E-state index contributed by atoms with van der Waals surface area (Å²) in [6.07, 6.45) is -2.71. The highest BCUT2D eigenvalue weighted by Crippen LogP contribution is 2.34. The summed E-state index contributed by atoms with van der Waals surface area (Å²) in [5.74, 6) is -0.216. The van der Waals surface area contributed by atoms with Crippen LogP contribution in [0.1, 0.15) is 5.69 Å². The van der Waals surface area contributed by atoms with Crippen molar-refractivity contribution in [1.82, 2.24) is 9.55 Å². The second-order valence-corrected chi connectivity index (χ2v) is 7.83. The minimum Gasteiger partial charge on any atom is -0.355 e. The summed E-state index contributed by atoms with van der Waals surface area (Å²) in [5, 5.41) is 7.50. The van der Waals surface area contributed by atoms with Crippen molar-refractivity contribution in [3.63, 3.8) is 0 Å². The summed E-state index contributed by atoms with van der Waals surface area (Å²) in [7, 11) is 0. The molecule has 2 heterocycles. The predicted octanol–water partition coefficient (Wildman–Crippen LogP) is 6.59. The summed E-state index contributed by atoms with van der Waals surface area (Å²) < 4.78 is 41.9. The molecule has 0 saturated heterocycles. The lowest BCUT2D eigenvalue weighted by Crippen LogP contribution is -2.18. The first-order valence-electron chi connectivity index (χ1n) is 10.5. The van der Waals surface area contributed by atoms with E-state index in [0.29, 0.717) is 16.8 Å². The molecule has 5 rings (SSSR count). The molecule has 0 atom stereocenters.